The second kappa shape index (κ2) is 4.19. The van der Waals surface area contributed by atoms with Gasteiger partial charge in [-0.25, -0.2) is 11.3 Å². The smallest absolute Gasteiger partial charge is 0.248 e. The van der Waals surface area contributed by atoms with E-state index in [-0.39, 0.29) is 23.7 Å². The van der Waals surface area contributed by atoms with Crippen molar-refractivity contribution in [3.05, 3.63) is 0 Å². The number of hydrogen-bond donors (Lipinski definition) is 3. The molecular weight excluding hydrogens is 184 g/mol. The Bertz CT molecular complexity index is 287. The molecule has 0 spiro atoms. The molecule has 0 fully saturated rings. The lowest BCUT2D eigenvalue weighted by molar-refractivity contribution is -0.126. The van der Waals surface area contributed by atoms with Gasteiger partial charge in [-0.2, -0.15) is 5.10 Å². The van der Waals surface area contributed by atoms with Crippen molar-refractivity contribution in [1.29, 1.82) is 0 Å². The van der Waals surface area contributed by atoms with E-state index in [9.17, 15) is 9.59 Å². The molecule has 1 aliphatic heterocycles. The number of carbonyl (C=O) groups is 2. The minimum Gasteiger partial charge on any atom is -0.294 e. The van der Waals surface area contributed by atoms with Crippen molar-refractivity contribution in [1.82, 2.24) is 10.9 Å². The molecule has 2 atom stereocenters. The van der Waals surface area contributed by atoms with E-state index in [1.807, 2.05) is 0 Å². The quantitative estimate of drug-likeness (QED) is 0.312. The standard InChI is InChI=1S/C8H14N4O2/c1-4(7(13)10-9)3-6-5(2)11-12-8(6)14/h4,6H,3,9H2,1-2H3,(H,10,13)(H,12,14)/t4-,6-/m1/s1. The Kier molecular flexibility index (Phi) is 3.19. The van der Waals surface area contributed by atoms with Crippen LogP contribution in [0.25, 0.3) is 0 Å². The van der Waals surface area contributed by atoms with Crippen LogP contribution in [0, 0.1) is 11.8 Å². The van der Waals surface area contributed by atoms with Gasteiger partial charge in [-0.05, 0) is 13.3 Å². The van der Waals surface area contributed by atoms with Crippen molar-refractivity contribution in [2.24, 2.45) is 22.8 Å². The highest BCUT2D eigenvalue weighted by molar-refractivity contribution is 6.07. The van der Waals surface area contributed by atoms with Gasteiger partial charge in [0.15, 0.2) is 0 Å². The van der Waals surface area contributed by atoms with Gasteiger partial charge in [0.2, 0.25) is 11.8 Å². The predicted molar refractivity (Wildman–Crippen MR) is 50.9 cm³/mol. The Balaban J connectivity index is 2.56. The van der Waals surface area contributed by atoms with Gasteiger partial charge in [-0.15, -0.1) is 0 Å². The van der Waals surface area contributed by atoms with Crippen LogP contribution >= 0.6 is 0 Å². The monoisotopic (exact) mass is 198 g/mol. The normalized spacial score (nSPS) is 22.6. The zero-order valence-corrected chi connectivity index (χ0v) is 8.20. The van der Waals surface area contributed by atoms with Crippen LogP contribution in [-0.4, -0.2) is 17.5 Å². The molecule has 0 aliphatic carbocycles. The van der Waals surface area contributed by atoms with Crippen LogP contribution < -0.4 is 16.7 Å². The molecular formula is C8H14N4O2. The lowest BCUT2D eigenvalue weighted by atomic mass is 9.92. The molecule has 0 aromatic rings. The van der Waals surface area contributed by atoms with Crippen molar-refractivity contribution in [2.75, 3.05) is 0 Å². The molecule has 78 valence electrons. The number of nitrogens with two attached hydrogens (primary N) is 1. The topological polar surface area (TPSA) is 96.6 Å². The summed E-state index contributed by atoms with van der Waals surface area (Å²) < 4.78 is 0. The maximum Gasteiger partial charge on any atom is 0.248 e. The molecule has 14 heavy (non-hydrogen) atoms. The zero-order chi connectivity index (χ0) is 10.7. The number of nitrogens with one attached hydrogen (secondary N) is 2. The molecule has 1 rings (SSSR count). The molecule has 0 radical (unpaired) electrons. The second-order valence-corrected chi connectivity index (χ2v) is 3.43. The molecule has 6 heteroatoms. The van der Waals surface area contributed by atoms with Gasteiger partial charge < -0.3 is 0 Å². The first kappa shape index (κ1) is 10.6. The molecule has 1 heterocycles. The number of nitrogens with zero attached hydrogens (tertiary/aromatic N) is 1. The van der Waals surface area contributed by atoms with Crippen molar-refractivity contribution in [3.63, 3.8) is 0 Å². The summed E-state index contributed by atoms with van der Waals surface area (Å²) in [4.78, 5) is 22.3. The average molecular weight is 198 g/mol. The minimum atomic E-state index is -0.303. The first-order chi connectivity index (χ1) is 6.56. The van der Waals surface area contributed by atoms with Crippen molar-refractivity contribution >= 4 is 17.5 Å². The molecule has 0 unspecified atom stereocenters. The number of hydrazine groups is 1. The van der Waals surface area contributed by atoms with Crippen LogP contribution in [-0.2, 0) is 9.59 Å². The van der Waals surface area contributed by atoms with E-state index in [2.05, 4.69) is 16.0 Å². The van der Waals surface area contributed by atoms with Gasteiger partial charge >= 0.3 is 0 Å². The summed E-state index contributed by atoms with van der Waals surface area (Å²) >= 11 is 0. The van der Waals surface area contributed by atoms with Crippen LogP contribution in [0.4, 0.5) is 0 Å². The van der Waals surface area contributed by atoms with Gasteiger partial charge in [0, 0.05) is 11.6 Å². The van der Waals surface area contributed by atoms with Gasteiger partial charge in [-0.1, -0.05) is 6.92 Å². The number of hydrazone groups is 1. The molecule has 4 N–H and O–H groups in total. The SMILES string of the molecule is CC1=NNC(=O)[C@@H]1C[C@@H](C)C(=O)NN. The van der Waals surface area contributed by atoms with Crippen molar-refractivity contribution < 1.29 is 9.59 Å². The summed E-state index contributed by atoms with van der Waals surface area (Å²) in [6.07, 6.45) is 0.435. The van der Waals surface area contributed by atoms with Gasteiger partial charge in [0.05, 0.1) is 5.92 Å². The Morgan fingerprint density at radius 1 is 1.79 bits per heavy atom. The highest BCUT2D eigenvalue weighted by atomic mass is 16.2. The van der Waals surface area contributed by atoms with Gasteiger partial charge in [-0.3, -0.25) is 15.0 Å². The highest BCUT2D eigenvalue weighted by Gasteiger charge is 2.30. The molecule has 0 bridgehead atoms. The zero-order valence-electron chi connectivity index (χ0n) is 8.20. The van der Waals surface area contributed by atoms with Gasteiger partial charge in [0.25, 0.3) is 0 Å². The third kappa shape index (κ3) is 2.08. The molecule has 2 amide bonds. The number of rotatable bonds is 3. The average Bonchev–Trinajstić information content (AvgIpc) is 2.48. The van der Waals surface area contributed by atoms with E-state index in [0.29, 0.717) is 12.1 Å². The third-order valence-electron chi connectivity index (χ3n) is 2.34. The molecule has 0 aromatic heterocycles. The summed E-state index contributed by atoms with van der Waals surface area (Å²) in [6.45, 7) is 3.48. The fourth-order valence-corrected chi connectivity index (χ4v) is 1.37. The molecule has 0 saturated heterocycles. The maximum atomic E-state index is 11.2. The number of amides is 2. The lowest BCUT2D eigenvalue weighted by Gasteiger charge is -2.13. The molecule has 0 saturated carbocycles. The van der Waals surface area contributed by atoms with E-state index in [1.165, 1.54) is 0 Å². The van der Waals surface area contributed by atoms with E-state index in [0.717, 1.165) is 0 Å². The van der Waals surface area contributed by atoms with Gasteiger partial charge in [0.1, 0.15) is 0 Å². The van der Waals surface area contributed by atoms with Crippen molar-refractivity contribution in [2.45, 2.75) is 20.3 Å². The van der Waals surface area contributed by atoms with Crippen LogP contribution in [0.2, 0.25) is 0 Å². The van der Waals surface area contributed by atoms with Crippen LogP contribution in [0.3, 0.4) is 0 Å². The summed E-state index contributed by atoms with van der Waals surface area (Å²) in [7, 11) is 0. The van der Waals surface area contributed by atoms with E-state index in [1.54, 1.807) is 13.8 Å². The summed E-state index contributed by atoms with van der Waals surface area (Å²) in [5.41, 5.74) is 5.14. The fourth-order valence-electron chi connectivity index (χ4n) is 1.37. The Morgan fingerprint density at radius 2 is 2.43 bits per heavy atom. The molecule has 0 aromatic carbocycles. The first-order valence-electron chi connectivity index (χ1n) is 4.40. The number of hydrogen-bond acceptors (Lipinski definition) is 4. The highest BCUT2D eigenvalue weighted by Crippen LogP contribution is 2.17. The first-order valence-corrected chi connectivity index (χ1v) is 4.40. The fraction of sp³-hybridized carbons (Fsp3) is 0.625. The summed E-state index contributed by atoms with van der Waals surface area (Å²) in [6, 6.07) is 0. The largest absolute Gasteiger partial charge is 0.294 e. The summed E-state index contributed by atoms with van der Waals surface area (Å²) in [5, 5.41) is 3.79. The van der Waals surface area contributed by atoms with Crippen LogP contribution in [0.1, 0.15) is 20.3 Å². The van der Waals surface area contributed by atoms with E-state index in [4.69, 9.17) is 5.84 Å². The Labute approximate surface area is 81.9 Å². The van der Waals surface area contributed by atoms with E-state index < -0.39 is 0 Å². The van der Waals surface area contributed by atoms with Crippen molar-refractivity contribution in [3.8, 4) is 0 Å². The number of carbonyl (C=O) groups excluding carboxylic acids is 2. The Hall–Kier alpha value is -1.43. The summed E-state index contributed by atoms with van der Waals surface area (Å²) in [5.74, 6) is 3.97. The molecule has 6 nitrogen and oxygen atoms in total. The second-order valence-electron chi connectivity index (χ2n) is 3.43. The lowest BCUT2D eigenvalue weighted by Crippen LogP contribution is -2.37. The Morgan fingerprint density at radius 3 is 2.86 bits per heavy atom. The van der Waals surface area contributed by atoms with Crippen LogP contribution in [0.5, 0.6) is 0 Å². The predicted octanol–water partition coefficient (Wildman–Crippen LogP) is -0.876. The van der Waals surface area contributed by atoms with E-state index >= 15 is 0 Å². The maximum absolute atomic E-state index is 11.2. The molecule has 1 aliphatic rings. The van der Waals surface area contributed by atoms with Crippen LogP contribution in [0.15, 0.2) is 5.10 Å². The third-order valence-corrected chi connectivity index (χ3v) is 2.34. The minimum absolute atomic E-state index is 0.154.